The number of likely N-dealkylation sites (tertiary alicyclic amines) is 1. The molecule has 1 N–H and O–H groups in total. The van der Waals surface area contributed by atoms with Gasteiger partial charge in [-0.3, -0.25) is 9.59 Å². The average Bonchev–Trinajstić information content (AvgIpc) is 2.74. The number of rotatable bonds is 4. The number of carbonyl (C=O) groups is 1. The van der Waals surface area contributed by atoms with E-state index in [2.05, 4.69) is 4.98 Å². The van der Waals surface area contributed by atoms with Gasteiger partial charge in [-0.15, -0.1) is 0 Å². The van der Waals surface area contributed by atoms with Gasteiger partial charge >= 0.3 is 5.69 Å². The molecule has 0 unspecified atom stereocenters. The first-order valence-electron chi connectivity index (χ1n) is 9.71. The molecule has 28 heavy (non-hydrogen) atoms. The molecule has 6 nitrogen and oxygen atoms in total. The van der Waals surface area contributed by atoms with Crippen LogP contribution in [0.1, 0.15) is 30.9 Å². The molecule has 6 heteroatoms. The Morgan fingerprint density at radius 3 is 2.36 bits per heavy atom. The van der Waals surface area contributed by atoms with Crippen molar-refractivity contribution in [1.29, 1.82) is 0 Å². The number of benzene rings is 2. The Kier molecular flexibility index (Phi) is 5.10. The van der Waals surface area contributed by atoms with Gasteiger partial charge in [-0.05, 0) is 37.0 Å². The number of amides is 1. The van der Waals surface area contributed by atoms with E-state index in [1.54, 1.807) is 29.2 Å². The summed E-state index contributed by atoms with van der Waals surface area (Å²) in [6.45, 7) is 1.34. The number of nitrogens with one attached hydrogen (secondary N) is 1. The molecule has 1 aliphatic heterocycles. The standard InChI is InChI=1S/C22H23N3O3/c26-20-17-11-5-6-12-18(17)23-22(28)25(20)19(15-16-9-3-1-4-10-16)21(27)24-13-7-2-8-14-24/h1,3-6,9-12,19H,2,7-8,13-15H2,(H,23,28)/t19-/m1/s1. The van der Waals surface area contributed by atoms with Gasteiger partial charge in [0.25, 0.3) is 5.56 Å². The van der Waals surface area contributed by atoms with E-state index in [0.29, 0.717) is 30.4 Å². The van der Waals surface area contributed by atoms with E-state index in [1.165, 1.54) is 0 Å². The number of piperidine rings is 1. The molecule has 0 bridgehead atoms. The molecular weight excluding hydrogens is 354 g/mol. The van der Waals surface area contributed by atoms with Crippen LogP contribution < -0.4 is 11.2 Å². The first-order chi connectivity index (χ1) is 13.6. The highest BCUT2D eigenvalue weighted by atomic mass is 16.2. The van der Waals surface area contributed by atoms with E-state index in [9.17, 15) is 14.4 Å². The highest BCUT2D eigenvalue weighted by Crippen LogP contribution is 2.19. The quantitative estimate of drug-likeness (QED) is 0.759. The minimum Gasteiger partial charge on any atom is -0.341 e. The van der Waals surface area contributed by atoms with Crippen LogP contribution in [0, 0.1) is 0 Å². The Labute approximate surface area is 162 Å². The molecule has 2 heterocycles. The normalized spacial score (nSPS) is 15.5. The molecule has 144 valence electrons. The maximum atomic E-state index is 13.4. The Balaban J connectivity index is 1.83. The molecule has 3 aromatic rings. The van der Waals surface area contributed by atoms with E-state index in [-0.39, 0.29) is 5.91 Å². The van der Waals surface area contributed by atoms with Crippen LogP contribution in [0.2, 0.25) is 0 Å². The van der Waals surface area contributed by atoms with E-state index in [1.807, 2.05) is 30.3 Å². The average molecular weight is 377 g/mol. The summed E-state index contributed by atoms with van der Waals surface area (Å²) >= 11 is 0. The summed E-state index contributed by atoms with van der Waals surface area (Å²) in [5, 5.41) is 0.409. The van der Waals surface area contributed by atoms with Gasteiger partial charge in [0.2, 0.25) is 5.91 Å². The molecule has 0 aliphatic carbocycles. The minimum atomic E-state index is -0.860. The number of aromatic amines is 1. The molecule has 1 fully saturated rings. The number of para-hydroxylation sites is 1. The fourth-order valence-electron chi connectivity index (χ4n) is 3.91. The van der Waals surface area contributed by atoms with E-state index in [0.717, 1.165) is 29.4 Å². The first kappa shape index (κ1) is 18.2. The molecule has 1 amide bonds. The SMILES string of the molecule is O=C([C@@H](Cc1ccccc1)n1c(=O)[nH]c2ccccc2c1=O)N1CCCCC1. The summed E-state index contributed by atoms with van der Waals surface area (Å²) in [7, 11) is 0. The molecular formula is C22H23N3O3. The van der Waals surface area contributed by atoms with Crippen molar-refractivity contribution < 1.29 is 4.79 Å². The fourth-order valence-corrected chi connectivity index (χ4v) is 3.91. The number of H-pyrrole nitrogens is 1. The number of nitrogens with zero attached hydrogens (tertiary/aromatic N) is 2. The highest BCUT2D eigenvalue weighted by Gasteiger charge is 2.30. The predicted octanol–water partition coefficient (Wildman–Crippen LogP) is 2.49. The summed E-state index contributed by atoms with van der Waals surface area (Å²) in [6, 6.07) is 15.6. The second kappa shape index (κ2) is 7.84. The largest absolute Gasteiger partial charge is 0.341 e. The van der Waals surface area contributed by atoms with Crippen LogP contribution in [0.5, 0.6) is 0 Å². The summed E-state index contributed by atoms with van der Waals surface area (Å²) < 4.78 is 1.10. The van der Waals surface area contributed by atoms with Gasteiger partial charge in [-0.1, -0.05) is 42.5 Å². The van der Waals surface area contributed by atoms with Crippen molar-refractivity contribution >= 4 is 16.8 Å². The third-order valence-electron chi connectivity index (χ3n) is 5.37. The Morgan fingerprint density at radius 1 is 0.929 bits per heavy atom. The lowest BCUT2D eigenvalue weighted by Crippen LogP contribution is -2.48. The van der Waals surface area contributed by atoms with Gasteiger partial charge < -0.3 is 9.88 Å². The topological polar surface area (TPSA) is 75.2 Å². The number of fused-ring (bicyclic) bond motifs is 1. The van der Waals surface area contributed by atoms with Gasteiger partial charge in [0, 0.05) is 19.5 Å². The van der Waals surface area contributed by atoms with Crippen LogP contribution in [-0.2, 0) is 11.2 Å². The summed E-state index contributed by atoms with van der Waals surface area (Å²) in [5.41, 5.74) is 0.426. The number of aromatic nitrogens is 2. The molecule has 1 aromatic heterocycles. The van der Waals surface area contributed by atoms with Crippen molar-refractivity contribution in [3.63, 3.8) is 0 Å². The van der Waals surface area contributed by atoms with Crippen molar-refractivity contribution in [2.45, 2.75) is 31.7 Å². The van der Waals surface area contributed by atoms with Gasteiger partial charge in [-0.2, -0.15) is 0 Å². The van der Waals surface area contributed by atoms with Crippen LogP contribution in [0.3, 0.4) is 0 Å². The molecule has 1 aliphatic rings. The summed E-state index contributed by atoms with van der Waals surface area (Å²) in [4.78, 5) is 43.9. The van der Waals surface area contributed by atoms with Crippen molar-refractivity contribution in [3.05, 3.63) is 81.0 Å². The predicted molar refractivity (Wildman–Crippen MR) is 108 cm³/mol. The van der Waals surface area contributed by atoms with Gasteiger partial charge in [0.1, 0.15) is 6.04 Å². The first-order valence-corrected chi connectivity index (χ1v) is 9.71. The Bertz CT molecular complexity index is 1100. The lowest BCUT2D eigenvalue weighted by molar-refractivity contribution is -0.135. The smallest absolute Gasteiger partial charge is 0.329 e. The Morgan fingerprint density at radius 2 is 1.61 bits per heavy atom. The zero-order valence-electron chi connectivity index (χ0n) is 15.6. The summed E-state index contributed by atoms with van der Waals surface area (Å²) in [6.07, 6.45) is 3.31. The van der Waals surface area contributed by atoms with Gasteiger partial charge in [-0.25, -0.2) is 9.36 Å². The zero-order chi connectivity index (χ0) is 19.5. The molecule has 0 spiro atoms. The third-order valence-corrected chi connectivity index (χ3v) is 5.37. The second-order valence-electron chi connectivity index (χ2n) is 7.24. The van der Waals surface area contributed by atoms with Gasteiger partial charge in [0.05, 0.1) is 10.9 Å². The monoisotopic (exact) mass is 377 g/mol. The van der Waals surface area contributed by atoms with Crippen molar-refractivity contribution in [2.24, 2.45) is 0 Å². The molecule has 4 rings (SSSR count). The zero-order valence-corrected chi connectivity index (χ0v) is 15.6. The number of carbonyl (C=O) groups excluding carboxylic acids is 1. The van der Waals surface area contributed by atoms with Crippen LogP contribution in [-0.4, -0.2) is 33.4 Å². The van der Waals surface area contributed by atoms with Crippen molar-refractivity contribution in [3.8, 4) is 0 Å². The van der Waals surface area contributed by atoms with Gasteiger partial charge in [0.15, 0.2) is 0 Å². The van der Waals surface area contributed by atoms with E-state index < -0.39 is 17.3 Å². The van der Waals surface area contributed by atoms with E-state index >= 15 is 0 Å². The maximum absolute atomic E-state index is 13.4. The Hall–Kier alpha value is -3.15. The summed E-state index contributed by atoms with van der Waals surface area (Å²) in [5.74, 6) is -0.161. The number of hydrogen-bond donors (Lipinski definition) is 1. The molecule has 2 aromatic carbocycles. The molecule has 0 saturated carbocycles. The second-order valence-corrected chi connectivity index (χ2v) is 7.24. The molecule has 0 radical (unpaired) electrons. The third kappa shape index (κ3) is 3.50. The van der Waals surface area contributed by atoms with Crippen molar-refractivity contribution in [1.82, 2.24) is 14.5 Å². The molecule has 1 saturated heterocycles. The molecule has 1 atom stereocenters. The van der Waals surface area contributed by atoms with Crippen LogP contribution in [0.15, 0.2) is 64.2 Å². The van der Waals surface area contributed by atoms with Crippen molar-refractivity contribution in [2.75, 3.05) is 13.1 Å². The minimum absolute atomic E-state index is 0.161. The fraction of sp³-hybridized carbons (Fsp3) is 0.318. The number of hydrogen-bond acceptors (Lipinski definition) is 3. The highest BCUT2D eigenvalue weighted by molar-refractivity contribution is 5.82. The maximum Gasteiger partial charge on any atom is 0.329 e. The van der Waals surface area contributed by atoms with Crippen LogP contribution >= 0.6 is 0 Å². The van der Waals surface area contributed by atoms with Crippen LogP contribution in [0.4, 0.5) is 0 Å². The lowest BCUT2D eigenvalue weighted by Gasteiger charge is -2.31. The van der Waals surface area contributed by atoms with E-state index in [4.69, 9.17) is 0 Å². The lowest BCUT2D eigenvalue weighted by atomic mass is 10.0. The van der Waals surface area contributed by atoms with Crippen LogP contribution in [0.25, 0.3) is 10.9 Å².